The van der Waals surface area contributed by atoms with Crippen LogP contribution in [0.5, 0.6) is 0 Å². The van der Waals surface area contributed by atoms with E-state index in [1.807, 2.05) is 38.9 Å². The van der Waals surface area contributed by atoms with Crippen LogP contribution >= 0.6 is 0 Å². The normalized spacial score (nSPS) is 23.0. The zero-order chi connectivity index (χ0) is 15.8. The first kappa shape index (κ1) is 16.3. The predicted octanol–water partition coefficient (Wildman–Crippen LogP) is 1.50. The molecule has 118 valence electrons. The Bertz CT molecular complexity index is 611. The lowest BCUT2D eigenvalue weighted by Crippen LogP contribution is -2.53. The van der Waals surface area contributed by atoms with E-state index in [4.69, 9.17) is 5.73 Å². The molecule has 0 bridgehead atoms. The number of hydrogen-bond acceptors (Lipinski definition) is 4. The molecule has 1 aromatic rings. The second kappa shape index (κ2) is 5.59. The molecule has 6 heteroatoms. The summed E-state index contributed by atoms with van der Waals surface area (Å²) in [4.78, 5) is 2.25. The van der Waals surface area contributed by atoms with Gasteiger partial charge < -0.3 is 10.6 Å². The van der Waals surface area contributed by atoms with Gasteiger partial charge in [0.2, 0.25) is 10.0 Å². The van der Waals surface area contributed by atoms with E-state index in [0.29, 0.717) is 24.4 Å². The highest BCUT2D eigenvalue weighted by atomic mass is 32.2. The summed E-state index contributed by atoms with van der Waals surface area (Å²) in [7, 11) is 0.334. The molecule has 0 spiro atoms. The van der Waals surface area contributed by atoms with Crippen molar-refractivity contribution in [3.05, 3.63) is 24.3 Å². The SMILES string of the molecule is CN(C)c1cccc(S(=O)(=O)N2CCC(N)C(C)(C)C2)c1. The van der Waals surface area contributed by atoms with Gasteiger partial charge in [0.25, 0.3) is 0 Å². The number of rotatable bonds is 3. The van der Waals surface area contributed by atoms with Gasteiger partial charge in [-0.1, -0.05) is 19.9 Å². The van der Waals surface area contributed by atoms with E-state index in [2.05, 4.69) is 0 Å². The van der Waals surface area contributed by atoms with Gasteiger partial charge in [0.15, 0.2) is 0 Å². The molecule has 5 nitrogen and oxygen atoms in total. The molecule has 1 unspecified atom stereocenters. The molecule has 0 saturated carbocycles. The van der Waals surface area contributed by atoms with Gasteiger partial charge in [-0.3, -0.25) is 0 Å². The van der Waals surface area contributed by atoms with E-state index in [-0.39, 0.29) is 11.5 Å². The van der Waals surface area contributed by atoms with Gasteiger partial charge >= 0.3 is 0 Å². The van der Waals surface area contributed by atoms with Gasteiger partial charge in [-0.25, -0.2) is 8.42 Å². The summed E-state index contributed by atoms with van der Waals surface area (Å²) in [5.74, 6) is 0. The third-order valence-electron chi connectivity index (χ3n) is 4.25. The lowest BCUT2D eigenvalue weighted by Gasteiger charge is -2.41. The molecule has 1 aromatic carbocycles. The predicted molar refractivity (Wildman–Crippen MR) is 85.9 cm³/mol. The fraction of sp³-hybridized carbons (Fsp3) is 0.600. The molecular weight excluding hydrogens is 286 g/mol. The number of benzene rings is 1. The molecule has 0 amide bonds. The minimum Gasteiger partial charge on any atom is -0.378 e. The van der Waals surface area contributed by atoms with E-state index in [1.54, 1.807) is 22.5 Å². The highest BCUT2D eigenvalue weighted by molar-refractivity contribution is 7.89. The topological polar surface area (TPSA) is 66.6 Å². The number of piperidine rings is 1. The van der Waals surface area contributed by atoms with E-state index >= 15 is 0 Å². The van der Waals surface area contributed by atoms with Crippen molar-refractivity contribution in [3.63, 3.8) is 0 Å². The van der Waals surface area contributed by atoms with Crippen LogP contribution in [0, 0.1) is 5.41 Å². The molecule has 2 N–H and O–H groups in total. The standard InChI is InChI=1S/C15H25N3O2S/c1-15(2)11-18(9-8-14(15)16)21(19,20)13-7-5-6-12(10-13)17(3)4/h5-7,10,14H,8-9,11,16H2,1-4H3. The Hall–Kier alpha value is -1.11. The summed E-state index contributed by atoms with van der Waals surface area (Å²) < 4.78 is 27.2. The van der Waals surface area contributed by atoms with Crippen molar-refractivity contribution in [3.8, 4) is 0 Å². The molecule has 1 heterocycles. The number of nitrogens with two attached hydrogens (primary N) is 1. The van der Waals surface area contributed by atoms with Crippen LogP contribution in [0.3, 0.4) is 0 Å². The second-order valence-electron chi connectivity index (χ2n) is 6.61. The zero-order valence-electron chi connectivity index (χ0n) is 13.2. The Labute approximate surface area is 127 Å². The highest BCUT2D eigenvalue weighted by Crippen LogP contribution is 2.31. The lowest BCUT2D eigenvalue weighted by atomic mass is 9.81. The van der Waals surface area contributed by atoms with E-state index < -0.39 is 10.0 Å². The van der Waals surface area contributed by atoms with Gasteiger partial charge in [-0.15, -0.1) is 0 Å². The van der Waals surface area contributed by atoms with Crippen LogP contribution in [-0.4, -0.2) is 45.9 Å². The minimum absolute atomic E-state index is 0.0389. The third kappa shape index (κ3) is 3.22. The van der Waals surface area contributed by atoms with Crippen molar-refractivity contribution in [2.75, 3.05) is 32.1 Å². The van der Waals surface area contributed by atoms with Crippen molar-refractivity contribution < 1.29 is 8.42 Å². The Morgan fingerprint density at radius 1 is 1.33 bits per heavy atom. The average molecular weight is 311 g/mol. The first-order valence-electron chi connectivity index (χ1n) is 7.18. The van der Waals surface area contributed by atoms with Gasteiger partial charge in [0, 0.05) is 38.9 Å². The minimum atomic E-state index is -3.46. The van der Waals surface area contributed by atoms with Gasteiger partial charge in [-0.05, 0) is 30.0 Å². The summed E-state index contributed by atoms with van der Waals surface area (Å²) in [6.07, 6.45) is 0.694. The molecule has 21 heavy (non-hydrogen) atoms. The van der Waals surface area contributed by atoms with Crippen molar-refractivity contribution in [2.45, 2.75) is 31.2 Å². The van der Waals surface area contributed by atoms with Crippen LogP contribution in [0.4, 0.5) is 5.69 Å². The molecule has 2 rings (SSSR count). The average Bonchev–Trinajstić information content (AvgIpc) is 2.41. The number of sulfonamides is 1. The summed E-state index contributed by atoms with van der Waals surface area (Å²) in [6.45, 7) is 4.99. The quantitative estimate of drug-likeness (QED) is 0.918. The van der Waals surface area contributed by atoms with E-state index in [9.17, 15) is 8.42 Å². The smallest absolute Gasteiger partial charge is 0.243 e. The molecule has 1 aliphatic heterocycles. The molecule has 1 fully saturated rings. The first-order valence-corrected chi connectivity index (χ1v) is 8.62. The summed E-state index contributed by atoms with van der Waals surface area (Å²) in [5, 5.41) is 0. The molecule has 1 saturated heterocycles. The molecule has 1 aliphatic rings. The lowest BCUT2D eigenvalue weighted by molar-refractivity contribution is 0.155. The summed E-state index contributed by atoms with van der Waals surface area (Å²) in [5.41, 5.74) is 6.77. The van der Waals surface area contributed by atoms with E-state index in [1.165, 1.54) is 0 Å². The Balaban J connectivity index is 2.32. The molecule has 0 radical (unpaired) electrons. The van der Waals surface area contributed by atoms with Crippen LogP contribution < -0.4 is 10.6 Å². The van der Waals surface area contributed by atoms with Crippen LogP contribution in [0.25, 0.3) is 0 Å². The number of nitrogens with zero attached hydrogens (tertiary/aromatic N) is 2. The summed E-state index contributed by atoms with van der Waals surface area (Å²) >= 11 is 0. The van der Waals surface area contributed by atoms with Crippen molar-refractivity contribution >= 4 is 15.7 Å². The highest BCUT2D eigenvalue weighted by Gasteiger charge is 2.38. The third-order valence-corrected chi connectivity index (χ3v) is 6.09. The maximum Gasteiger partial charge on any atom is 0.243 e. The van der Waals surface area contributed by atoms with Gasteiger partial charge in [0.05, 0.1) is 4.90 Å². The van der Waals surface area contributed by atoms with Crippen molar-refractivity contribution in [1.82, 2.24) is 4.31 Å². The van der Waals surface area contributed by atoms with E-state index in [0.717, 1.165) is 5.69 Å². The monoisotopic (exact) mass is 311 g/mol. The Kier molecular flexibility index (Phi) is 4.33. The largest absolute Gasteiger partial charge is 0.378 e. The maximum atomic E-state index is 12.8. The van der Waals surface area contributed by atoms with Crippen LogP contribution in [0.15, 0.2) is 29.2 Å². The molecule has 0 aromatic heterocycles. The fourth-order valence-electron chi connectivity index (χ4n) is 2.60. The first-order chi connectivity index (χ1) is 9.64. The van der Waals surface area contributed by atoms with Crippen LogP contribution in [-0.2, 0) is 10.0 Å². The fourth-order valence-corrected chi connectivity index (χ4v) is 4.27. The zero-order valence-corrected chi connectivity index (χ0v) is 14.0. The molecular formula is C15H25N3O2S. The van der Waals surface area contributed by atoms with Crippen molar-refractivity contribution in [1.29, 1.82) is 0 Å². The Morgan fingerprint density at radius 3 is 2.57 bits per heavy atom. The van der Waals surface area contributed by atoms with Crippen molar-refractivity contribution in [2.24, 2.45) is 11.1 Å². The van der Waals surface area contributed by atoms with Gasteiger partial charge in [-0.2, -0.15) is 4.31 Å². The number of anilines is 1. The molecule has 0 aliphatic carbocycles. The maximum absolute atomic E-state index is 12.8. The summed E-state index contributed by atoms with van der Waals surface area (Å²) in [6, 6.07) is 7.09. The molecule has 1 atom stereocenters. The van der Waals surface area contributed by atoms with Crippen LogP contribution in [0.1, 0.15) is 20.3 Å². The van der Waals surface area contributed by atoms with Gasteiger partial charge in [0.1, 0.15) is 0 Å². The second-order valence-corrected chi connectivity index (χ2v) is 8.55. The Morgan fingerprint density at radius 2 is 2.00 bits per heavy atom. The van der Waals surface area contributed by atoms with Crippen LogP contribution in [0.2, 0.25) is 0 Å². The number of hydrogen-bond donors (Lipinski definition) is 1.